The van der Waals surface area contributed by atoms with Gasteiger partial charge in [0, 0.05) is 24.6 Å². The van der Waals surface area contributed by atoms with Crippen molar-refractivity contribution in [3.8, 4) is 5.75 Å². The lowest BCUT2D eigenvalue weighted by molar-refractivity contribution is 0.0972. The van der Waals surface area contributed by atoms with Crippen molar-refractivity contribution in [3.63, 3.8) is 0 Å². The standard InChI is InChI=1S/C19H23NO3/c1-14(19(22)16-6-4-3-5-7-16)20-13-12-18(21)15-8-10-17(23-2)11-9-15/h3-11,14,19-20,22H,12-13H2,1-2H3. The molecule has 0 bridgehead atoms. The molecule has 0 amide bonds. The Balaban J connectivity index is 1.80. The van der Waals surface area contributed by atoms with Crippen molar-refractivity contribution >= 4 is 5.78 Å². The molecule has 0 saturated heterocycles. The zero-order chi connectivity index (χ0) is 16.7. The number of carbonyl (C=O) groups excluding carboxylic acids is 1. The summed E-state index contributed by atoms with van der Waals surface area (Å²) in [5.41, 5.74) is 1.54. The highest BCUT2D eigenvalue weighted by Gasteiger charge is 2.16. The molecule has 0 spiro atoms. The van der Waals surface area contributed by atoms with Crippen LogP contribution < -0.4 is 10.1 Å². The quantitative estimate of drug-likeness (QED) is 0.736. The fraction of sp³-hybridized carbons (Fsp3) is 0.316. The third-order valence-electron chi connectivity index (χ3n) is 3.85. The van der Waals surface area contributed by atoms with E-state index in [0.29, 0.717) is 18.5 Å². The molecular formula is C19H23NO3. The summed E-state index contributed by atoms with van der Waals surface area (Å²) in [6.45, 7) is 2.44. The first kappa shape index (κ1) is 17.2. The summed E-state index contributed by atoms with van der Waals surface area (Å²) in [5, 5.41) is 13.5. The molecular weight excluding hydrogens is 290 g/mol. The first-order chi connectivity index (χ1) is 11.1. The maximum atomic E-state index is 12.1. The number of ketones is 1. The van der Waals surface area contributed by atoms with Gasteiger partial charge in [-0.2, -0.15) is 0 Å². The third kappa shape index (κ3) is 4.91. The van der Waals surface area contributed by atoms with Crippen LogP contribution in [0.2, 0.25) is 0 Å². The van der Waals surface area contributed by atoms with Crippen LogP contribution in [0.15, 0.2) is 54.6 Å². The first-order valence-corrected chi connectivity index (χ1v) is 7.75. The van der Waals surface area contributed by atoms with Crippen molar-refractivity contribution in [2.75, 3.05) is 13.7 Å². The number of ether oxygens (including phenoxy) is 1. The second-order valence-electron chi connectivity index (χ2n) is 5.50. The van der Waals surface area contributed by atoms with Gasteiger partial charge in [0.1, 0.15) is 5.75 Å². The van der Waals surface area contributed by atoms with Crippen LogP contribution in [0.3, 0.4) is 0 Å². The molecule has 23 heavy (non-hydrogen) atoms. The summed E-state index contributed by atoms with van der Waals surface area (Å²) in [7, 11) is 1.60. The molecule has 0 radical (unpaired) electrons. The van der Waals surface area contributed by atoms with E-state index in [2.05, 4.69) is 5.32 Å². The molecule has 0 fully saturated rings. The van der Waals surface area contributed by atoms with Gasteiger partial charge < -0.3 is 15.2 Å². The van der Waals surface area contributed by atoms with Crippen LogP contribution >= 0.6 is 0 Å². The lowest BCUT2D eigenvalue weighted by Crippen LogP contribution is -2.33. The van der Waals surface area contributed by atoms with Gasteiger partial charge in [-0.05, 0) is 36.8 Å². The molecule has 0 aliphatic heterocycles. The zero-order valence-corrected chi connectivity index (χ0v) is 13.5. The van der Waals surface area contributed by atoms with E-state index in [9.17, 15) is 9.90 Å². The Morgan fingerprint density at radius 1 is 1.13 bits per heavy atom. The van der Waals surface area contributed by atoms with E-state index < -0.39 is 6.10 Å². The van der Waals surface area contributed by atoms with Crippen molar-refractivity contribution in [3.05, 3.63) is 65.7 Å². The van der Waals surface area contributed by atoms with Crippen LogP contribution in [0.25, 0.3) is 0 Å². The first-order valence-electron chi connectivity index (χ1n) is 7.75. The molecule has 4 nitrogen and oxygen atoms in total. The maximum absolute atomic E-state index is 12.1. The molecule has 0 heterocycles. The third-order valence-corrected chi connectivity index (χ3v) is 3.85. The van der Waals surface area contributed by atoms with Crippen molar-refractivity contribution in [1.82, 2.24) is 5.32 Å². The van der Waals surface area contributed by atoms with Crippen LogP contribution in [0.1, 0.15) is 35.4 Å². The highest BCUT2D eigenvalue weighted by molar-refractivity contribution is 5.96. The van der Waals surface area contributed by atoms with Gasteiger partial charge >= 0.3 is 0 Å². The second kappa shape index (κ2) is 8.46. The highest BCUT2D eigenvalue weighted by atomic mass is 16.5. The molecule has 0 saturated carbocycles. The van der Waals surface area contributed by atoms with Gasteiger partial charge in [0.2, 0.25) is 0 Å². The van der Waals surface area contributed by atoms with Gasteiger partial charge in [-0.15, -0.1) is 0 Å². The molecule has 2 rings (SSSR count). The number of aliphatic hydroxyl groups excluding tert-OH is 1. The Morgan fingerprint density at radius 3 is 2.39 bits per heavy atom. The average molecular weight is 313 g/mol. The largest absolute Gasteiger partial charge is 0.497 e. The fourth-order valence-corrected chi connectivity index (χ4v) is 2.39. The van der Waals surface area contributed by atoms with Gasteiger partial charge in [0.05, 0.1) is 13.2 Å². The summed E-state index contributed by atoms with van der Waals surface area (Å²) < 4.78 is 5.08. The van der Waals surface area contributed by atoms with Crippen LogP contribution in [0.4, 0.5) is 0 Å². The Labute approximate surface area is 137 Å². The molecule has 2 aromatic carbocycles. The SMILES string of the molecule is COc1ccc(C(=O)CCNC(C)C(O)c2ccccc2)cc1. The van der Waals surface area contributed by atoms with Crippen LogP contribution in [0, 0.1) is 0 Å². The number of carbonyl (C=O) groups is 1. The van der Waals surface area contributed by atoms with E-state index in [1.165, 1.54) is 0 Å². The van der Waals surface area contributed by atoms with Gasteiger partial charge in [-0.3, -0.25) is 4.79 Å². The Hall–Kier alpha value is -2.17. The minimum Gasteiger partial charge on any atom is -0.497 e. The lowest BCUT2D eigenvalue weighted by Gasteiger charge is -2.20. The number of hydrogen-bond acceptors (Lipinski definition) is 4. The van der Waals surface area contributed by atoms with E-state index in [4.69, 9.17) is 4.74 Å². The number of Topliss-reactive ketones (excluding diaryl/α,β-unsaturated/α-hetero) is 1. The maximum Gasteiger partial charge on any atom is 0.164 e. The molecule has 122 valence electrons. The Bertz CT molecular complexity index is 610. The minimum atomic E-state index is -0.590. The van der Waals surface area contributed by atoms with E-state index in [-0.39, 0.29) is 11.8 Å². The van der Waals surface area contributed by atoms with Gasteiger partial charge in [0.15, 0.2) is 5.78 Å². The van der Waals surface area contributed by atoms with Crippen LogP contribution in [0.5, 0.6) is 5.75 Å². The predicted molar refractivity (Wildman–Crippen MR) is 90.8 cm³/mol. The van der Waals surface area contributed by atoms with Gasteiger partial charge in [-0.25, -0.2) is 0 Å². The van der Waals surface area contributed by atoms with Crippen molar-refractivity contribution in [1.29, 1.82) is 0 Å². The van der Waals surface area contributed by atoms with Crippen molar-refractivity contribution in [2.45, 2.75) is 25.5 Å². The summed E-state index contributed by atoms with van der Waals surface area (Å²) >= 11 is 0. The predicted octanol–water partition coefficient (Wildman–Crippen LogP) is 2.98. The number of hydrogen-bond donors (Lipinski definition) is 2. The Kier molecular flexibility index (Phi) is 6.32. The zero-order valence-electron chi connectivity index (χ0n) is 13.5. The summed E-state index contributed by atoms with van der Waals surface area (Å²) in [4.78, 5) is 12.1. The van der Waals surface area contributed by atoms with Crippen LogP contribution in [-0.2, 0) is 0 Å². The minimum absolute atomic E-state index is 0.0709. The summed E-state index contributed by atoms with van der Waals surface area (Å²) in [6, 6.07) is 16.5. The van der Waals surface area contributed by atoms with Crippen LogP contribution in [-0.4, -0.2) is 30.6 Å². The van der Waals surface area contributed by atoms with E-state index in [1.807, 2.05) is 37.3 Å². The van der Waals surface area contributed by atoms with Gasteiger partial charge in [0.25, 0.3) is 0 Å². The molecule has 0 aromatic heterocycles. The van der Waals surface area contributed by atoms with E-state index in [1.54, 1.807) is 31.4 Å². The van der Waals surface area contributed by atoms with E-state index in [0.717, 1.165) is 11.3 Å². The lowest BCUT2D eigenvalue weighted by atomic mass is 10.0. The van der Waals surface area contributed by atoms with Crippen molar-refractivity contribution < 1.29 is 14.6 Å². The normalized spacial score (nSPS) is 13.3. The molecule has 4 heteroatoms. The molecule has 2 atom stereocenters. The number of methoxy groups -OCH3 is 1. The average Bonchev–Trinajstić information content (AvgIpc) is 2.61. The van der Waals surface area contributed by atoms with Gasteiger partial charge in [-0.1, -0.05) is 30.3 Å². The highest BCUT2D eigenvalue weighted by Crippen LogP contribution is 2.16. The number of aliphatic hydroxyl groups is 1. The topological polar surface area (TPSA) is 58.6 Å². The number of rotatable bonds is 8. The fourth-order valence-electron chi connectivity index (χ4n) is 2.39. The molecule has 2 aromatic rings. The second-order valence-corrected chi connectivity index (χ2v) is 5.50. The number of benzene rings is 2. The molecule has 0 aliphatic carbocycles. The molecule has 2 N–H and O–H groups in total. The smallest absolute Gasteiger partial charge is 0.164 e. The monoisotopic (exact) mass is 313 g/mol. The van der Waals surface area contributed by atoms with E-state index >= 15 is 0 Å². The number of nitrogens with one attached hydrogen (secondary N) is 1. The molecule has 2 unspecified atom stereocenters. The Morgan fingerprint density at radius 2 is 1.78 bits per heavy atom. The summed E-state index contributed by atoms with van der Waals surface area (Å²) in [5.74, 6) is 0.806. The molecule has 0 aliphatic rings. The summed E-state index contributed by atoms with van der Waals surface area (Å²) in [6.07, 6.45) is -0.203. The van der Waals surface area contributed by atoms with Crippen molar-refractivity contribution in [2.24, 2.45) is 0 Å².